The summed E-state index contributed by atoms with van der Waals surface area (Å²) in [6.07, 6.45) is 2.82. The predicted octanol–water partition coefficient (Wildman–Crippen LogP) is 1.94. The number of amides is 1. The van der Waals surface area contributed by atoms with Gasteiger partial charge in [0.25, 0.3) is 5.91 Å². The average Bonchev–Trinajstić information content (AvgIpc) is 2.90. The number of nitrogens with zero attached hydrogens (tertiary/aromatic N) is 1. The Hall–Kier alpha value is -2.50. The van der Waals surface area contributed by atoms with Gasteiger partial charge in [-0.1, -0.05) is 0 Å². The topological polar surface area (TPSA) is 73.6 Å². The van der Waals surface area contributed by atoms with Crippen molar-refractivity contribution in [2.24, 2.45) is 0 Å². The lowest BCUT2D eigenvalue weighted by molar-refractivity contribution is 0.102. The highest BCUT2D eigenvalue weighted by atomic mass is 16.5. The number of methoxy groups -OCH3 is 2. The molecule has 2 rings (SSSR count). The highest BCUT2D eigenvalue weighted by Crippen LogP contribution is 2.25. The lowest BCUT2D eigenvalue weighted by Gasteiger charge is -2.09. The van der Waals surface area contributed by atoms with Gasteiger partial charge in [0, 0.05) is 6.07 Å². The molecular weight excluding hydrogens is 236 g/mol. The minimum absolute atomic E-state index is 0.137. The minimum atomic E-state index is -0.364. The van der Waals surface area contributed by atoms with Gasteiger partial charge in [-0.05, 0) is 12.1 Å². The smallest absolute Gasteiger partial charge is 0.301 e. The first-order chi connectivity index (χ1) is 8.74. The normalized spacial score (nSPS) is 9.89. The molecule has 1 N–H and O–H groups in total. The van der Waals surface area contributed by atoms with Crippen LogP contribution in [0.1, 0.15) is 10.4 Å². The Morgan fingerprint density at radius 3 is 2.78 bits per heavy atom. The van der Waals surface area contributed by atoms with E-state index in [4.69, 9.17) is 13.9 Å². The molecule has 0 atom stereocenters. The molecular formula is C12H12N2O4. The summed E-state index contributed by atoms with van der Waals surface area (Å²) >= 11 is 0. The van der Waals surface area contributed by atoms with Crippen molar-refractivity contribution in [2.45, 2.75) is 0 Å². The molecule has 0 saturated carbocycles. The Labute approximate surface area is 104 Å². The molecule has 0 spiro atoms. The van der Waals surface area contributed by atoms with E-state index in [1.807, 2.05) is 0 Å². The zero-order valence-corrected chi connectivity index (χ0v) is 9.97. The zero-order chi connectivity index (χ0) is 13.0. The molecule has 94 valence electrons. The van der Waals surface area contributed by atoms with E-state index in [-0.39, 0.29) is 11.9 Å². The molecule has 0 bridgehead atoms. The van der Waals surface area contributed by atoms with Crippen LogP contribution in [0.4, 0.5) is 6.01 Å². The summed E-state index contributed by atoms with van der Waals surface area (Å²) in [6.45, 7) is 0. The second-order valence-corrected chi connectivity index (χ2v) is 3.36. The molecule has 0 aliphatic carbocycles. The average molecular weight is 248 g/mol. The van der Waals surface area contributed by atoms with E-state index >= 15 is 0 Å². The first kappa shape index (κ1) is 12.0. The molecule has 0 aliphatic rings. The van der Waals surface area contributed by atoms with Crippen molar-refractivity contribution >= 4 is 11.9 Å². The maximum Gasteiger partial charge on any atom is 0.301 e. The Morgan fingerprint density at radius 1 is 1.33 bits per heavy atom. The number of carbonyl (C=O) groups excluding carboxylic acids is 1. The SMILES string of the molecule is COc1ccc(C(=O)Nc2ncco2)c(OC)c1. The van der Waals surface area contributed by atoms with Gasteiger partial charge in [-0.2, -0.15) is 0 Å². The van der Waals surface area contributed by atoms with Crippen LogP contribution in [0, 0.1) is 0 Å². The fourth-order valence-corrected chi connectivity index (χ4v) is 1.44. The summed E-state index contributed by atoms with van der Waals surface area (Å²) in [5, 5.41) is 2.51. The molecule has 6 heteroatoms. The number of rotatable bonds is 4. The predicted molar refractivity (Wildman–Crippen MR) is 64.0 cm³/mol. The number of aromatic nitrogens is 1. The fraction of sp³-hybridized carbons (Fsp3) is 0.167. The number of oxazole rings is 1. The van der Waals surface area contributed by atoms with Crippen LogP contribution in [0.15, 0.2) is 35.1 Å². The summed E-state index contributed by atoms with van der Waals surface area (Å²) in [4.78, 5) is 15.8. The number of anilines is 1. The van der Waals surface area contributed by atoms with E-state index in [1.54, 1.807) is 25.3 Å². The number of hydrogen-bond donors (Lipinski definition) is 1. The molecule has 1 heterocycles. The van der Waals surface area contributed by atoms with Crippen molar-refractivity contribution in [1.29, 1.82) is 0 Å². The Balaban J connectivity index is 2.24. The number of ether oxygens (including phenoxy) is 2. The van der Waals surface area contributed by atoms with Crippen LogP contribution < -0.4 is 14.8 Å². The minimum Gasteiger partial charge on any atom is -0.497 e. The van der Waals surface area contributed by atoms with Crippen LogP contribution >= 0.6 is 0 Å². The van der Waals surface area contributed by atoms with Crippen LogP contribution in [0.2, 0.25) is 0 Å². The third-order valence-corrected chi connectivity index (χ3v) is 2.31. The van der Waals surface area contributed by atoms with E-state index in [9.17, 15) is 4.79 Å². The van der Waals surface area contributed by atoms with Crippen molar-refractivity contribution < 1.29 is 18.7 Å². The molecule has 0 fully saturated rings. The van der Waals surface area contributed by atoms with Gasteiger partial charge in [0.05, 0.1) is 26.0 Å². The molecule has 0 radical (unpaired) electrons. The first-order valence-electron chi connectivity index (χ1n) is 5.17. The molecule has 1 aromatic heterocycles. The Bertz CT molecular complexity index is 537. The van der Waals surface area contributed by atoms with Gasteiger partial charge in [-0.25, -0.2) is 4.98 Å². The van der Waals surface area contributed by atoms with Crippen LogP contribution in [0.3, 0.4) is 0 Å². The van der Waals surface area contributed by atoms with Gasteiger partial charge < -0.3 is 13.9 Å². The van der Waals surface area contributed by atoms with Crippen LogP contribution in [0.25, 0.3) is 0 Å². The fourth-order valence-electron chi connectivity index (χ4n) is 1.44. The van der Waals surface area contributed by atoms with Crippen LogP contribution in [-0.4, -0.2) is 25.1 Å². The second kappa shape index (κ2) is 5.22. The van der Waals surface area contributed by atoms with E-state index < -0.39 is 0 Å². The molecule has 1 amide bonds. The van der Waals surface area contributed by atoms with E-state index in [1.165, 1.54) is 19.6 Å². The number of nitrogens with one attached hydrogen (secondary N) is 1. The van der Waals surface area contributed by atoms with Gasteiger partial charge in [0.15, 0.2) is 0 Å². The second-order valence-electron chi connectivity index (χ2n) is 3.36. The molecule has 1 aromatic carbocycles. The largest absolute Gasteiger partial charge is 0.497 e. The third kappa shape index (κ3) is 2.42. The first-order valence-corrected chi connectivity index (χ1v) is 5.17. The van der Waals surface area contributed by atoms with Crippen molar-refractivity contribution in [3.05, 3.63) is 36.2 Å². The molecule has 18 heavy (non-hydrogen) atoms. The summed E-state index contributed by atoms with van der Waals surface area (Å²) in [7, 11) is 3.03. The number of carbonyl (C=O) groups is 1. The maximum atomic E-state index is 12.0. The highest BCUT2D eigenvalue weighted by Gasteiger charge is 2.14. The van der Waals surface area contributed by atoms with E-state index in [0.29, 0.717) is 17.1 Å². The van der Waals surface area contributed by atoms with Crippen molar-refractivity contribution in [3.8, 4) is 11.5 Å². The summed E-state index contributed by atoms with van der Waals surface area (Å²) in [5.41, 5.74) is 0.372. The van der Waals surface area contributed by atoms with E-state index in [0.717, 1.165) is 0 Å². The standard InChI is InChI=1S/C12H12N2O4/c1-16-8-3-4-9(10(7-8)17-2)11(15)14-12-13-5-6-18-12/h3-7H,1-2H3,(H,13,14,15). The van der Waals surface area contributed by atoms with Gasteiger partial charge >= 0.3 is 6.01 Å². The number of hydrogen-bond acceptors (Lipinski definition) is 5. The van der Waals surface area contributed by atoms with Gasteiger partial charge in [0.2, 0.25) is 0 Å². The quantitative estimate of drug-likeness (QED) is 0.895. The Kier molecular flexibility index (Phi) is 3.47. The molecule has 2 aromatic rings. The molecule has 0 unspecified atom stereocenters. The summed E-state index contributed by atoms with van der Waals surface area (Å²) in [6, 6.07) is 5.05. The van der Waals surface area contributed by atoms with E-state index in [2.05, 4.69) is 10.3 Å². The maximum absolute atomic E-state index is 12.0. The van der Waals surface area contributed by atoms with Crippen molar-refractivity contribution in [2.75, 3.05) is 19.5 Å². The van der Waals surface area contributed by atoms with Crippen molar-refractivity contribution in [1.82, 2.24) is 4.98 Å². The van der Waals surface area contributed by atoms with Gasteiger partial charge in [-0.3, -0.25) is 10.1 Å². The van der Waals surface area contributed by atoms with Crippen LogP contribution in [0.5, 0.6) is 11.5 Å². The summed E-state index contributed by atoms with van der Waals surface area (Å²) < 4.78 is 15.1. The summed E-state index contributed by atoms with van der Waals surface area (Å²) in [5.74, 6) is 0.662. The number of benzene rings is 1. The zero-order valence-electron chi connectivity index (χ0n) is 9.97. The van der Waals surface area contributed by atoms with Crippen molar-refractivity contribution in [3.63, 3.8) is 0 Å². The monoisotopic (exact) mass is 248 g/mol. The lowest BCUT2D eigenvalue weighted by atomic mass is 10.2. The van der Waals surface area contributed by atoms with Gasteiger partial charge in [-0.15, -0.1) is 0 Å². The third-order valence-electron chi connectivity index (χ3n) is 2.31. The van der Waals surface area contributed by atoms with Crippen LogP contribution in [-0.2, 0) is 0 Å². The van der Waals surface area contributed by atoms with Gasteiger partial charge in [0.1, 0.15) is 17.8 Å². The molecule has 0 aliphatic heterocycles. The Morgan fingerprint density at radius 2 is 2.17 bits per heavy atom. The molecule has 6 nitrogen and oxygen atoms in total. The lowest BCUT2D eigenvalue weighted by Crippen LogP contribution is -2.13. The highest BCUT2D eigenvalue weighted by molar-refractivity contribution is 6.05. The molecule has 0 saturated heterocycles.